The van der Waals surface area contributed by atoms with Gasteiger partial charge in [0.15, 0.2) is 0 Å². The first-order valence-electron chi connectivity index (χ1n) is 7.97. The summed E-state index contributed by atoms with van der Waals surface area (Å²) in [6, 6.07) is 3.21. The molecule has 138 valence electrons. The number of carbonyl (C=O) groups is 2. The summed E-state index contributed by atoms with van der Waals surface area (Å²) in [4.78, 5) is 33.9. The molecule has 2 N–H and O–H groups in total. The largest absolute Gasteiger partial charge is 0.478 e. The van der Waals surface area contributed by atoms with Crippen molar-refractivity contribution < 1.29 is 24.4 Å². The molecule has 0 fully saturated rings. The first-order chi connectivity index (χ1) is 11.5. The van der Waals surface area contributed by atoms with Crippen molar-refractivity contribution in [3.05, 3.63) is 39.4 Å². The maximum Gasteiger partial charge on any atom is 0.407 e. The normalized spacial score (nSPS) is 13.6. The summed E-state index contributed by atoms with van der Waals surface area (Å²) in [6.45, 7) is 8.74. The third kappa shape index (κ3) is 5.74. The van der Waals surface area contributed by atoms with Crippen LogP contribution in [-0.2, 0) is 4.74 Å². The number of nitro groups is 1. The number of benzene rings is 1. The van der Waals surface area contributed by atoms with Crippen LogP contribution >= 0.6 is 0 Å². The lowest BCUT2D eigenvalue weighted by Crippen LogP contribution is -2.41. The fourth-order valence-corrected chi connectivity index (χ4v) is 2.47. The summed E-state index contributed by atoms with van der Waals surface area (Å²) in [5.74, 6) is -1.64. The monoisotopic (exact) mass is 352 g/mol. The van der Waals surface area contributed by atoms with Crippen molar-refractivity contribution in [1.82, 2.24) is 5.32 Å². The van der Waals surface area contributed by atoms with Crippen LogP contribution in [0.1, 0.15) is 62.9 Å². The minimum Gasteiger partial charge on any atom is -0.478 e. The van der Waals surface area contributed by atoms with Gasteiger partial charge in [0.25, 0.3) is 5.69 Å². The number of carbonyl (C=O) groups excluding carboxylic acids is 1. The topological polar surface area (TPSA) is 119 Å². The van der Waals surface area contributed by atoms with Crippen molar-refractivity contribution >= 4 is 17.7 Å². The van der Waals surface area contributed by atoms with E-state index in [0.29, 0.717) is 6.42 Å². The highest BCUT2D eigenvalue weighted by Crippen LogP contribution is 2.31. The highest BCUT2D eigenvalue weighted by atomic mass is 16.6. The lowest BCUT2D eigenvalue weighted by atomic mass is 9.89. The fourth-order valence-electron chi connectivity index (χ4n) is 2.47. The van der Waals surface area contributed by atoms with Gasteiger partial charge in [-0.25, -0.2) is 9.59 Å². The Morgan fingerprint density at radius 3 is 2.40 bits per heavy atom. The fraction of sp³-hybridized carbons (Fsp3) is 0.529. The molecule has 1 aromatic rings. The molecule has 1 amide bonds. The number of amides is 1. The Balaban J connectivity index is 3.15. The van der Waals surface area contributed by atoms with E-state index in [-0.39, 0.29) is 16.8 Å². The Labute approximate surface area is 146 Å². The van der Waals surface area contributed by atoms with Gasteiger partial charge in [-0.2, -0.15) is 0 Å². The lowest BCUT2D eigenvalue weighted by Gasteiger charge is -2.27. The standard InChI is InChI=1S/C17H24N2O6/c1-6-13(18-16(22)25-17(3,4)5)10(2)12-9-11(15(20)21)7-8-14(12)19(23)24/h7-10,13H,6H2,1-5H3,(H,18,22)(H,20,21)/t10?,13-/m0/s1. The Kier molecular flexibility index (Phi) is 6.49. The van der Waals surface area contributed by atoms with E-state index in [1.54, 1.807) is 27.7 Å². The smallest absolute Gasteiger partial charge is 0.407 e. The lowest BCUT2D eigenvalue weighted by molar-refractivity contribution is -0.385. The molecule has 0 aliphatic rings. The van der Waals surface area contributed by atoms with Gasteiger partial charge in [-0.1, -0.05) is 13.8 Å². The van der Waals surface area contributed by atoms with E-state index in [1.807, 2.05) is 6.92 Å². The van der Waals surface area contributed by atoms with Crippen LogP contribution in [0.25, 0.3) is 0 Å². The molecule has 0 saturated carbocycles. The van der Waals surface area contributed by atoms with Crippen LogP contribution in [0.15, 0.2) is 18.2 Å². The number of carboxylic acid groups (broad SMARTS) is 1. The molecule has 8 heteroatoms. The van der Waals surface area contributed by atoms with Crippen LogP contribution in [-0.4, -0.2) is 33.7 Å². The van der Waals surface area contributed by atoms with Crippen molar-refractivity contribution in [3.8, 4) is 0 Å². The Hall–Kier alpha value is -2.64. The molecule has 0 radical (unpaired) electrons. The molecule has 0 spiro atoms. The molecule has 0 aliphatic carbocycles. The van der Waals surface area contributed by atoms with Crippen LogP contribution in [0.2, 0.25) is 0 Å². The van der Waals surface area contributed by atoms with E-state index in [2.05, 4.69) is 5.32 Å². The van der Waals surface area contributed by atoms with Gasteiger partial charge in [-0.15, -0.1) is 0 Å². The molecular weight excluding hydrogens is 328 g/mol. The van der Waals surface area contributed by atoms with E-state index in [9.17, 15) is 19.7 Å². The van der Waals surface area contributed by atoms with Gasteiger partial charge in [0.05, 0.1) is 10.5 Å². The summed E-state index contributed by atoms with van der Waals surface area (Å²) in [7, 11) is 0. The maximum absolute atomic E-state index is 12.0. The summed E-state index contributed by atoms with van der Waals surface area (Å²) < 4.78 is 5.22. The number of nitro benzene ring substituents is 1. The number of aromatic carboxylic acids is 1. The van der Waals surface area contributed by atoms with E-state index in [1.165, 1.54) is 18.2 Å². The van der Waals surface area contributed by atoms with Gasteiger partial charge in [-0.05, 0) is 39.3 Å². The molecule has 1 unspecified atom stereocenters. The van der Waals surface area contributed by atoms with Crippen molar-refractivity contribution in [2.24, 2.45) is 0 Å². The summed E-state index contributed by atoms with van der Waals surface area (Å²) >= 11 is 0. The minimum absolute atomic E-state index is 0.0421. The molecule has 0 bridgehead atoms. The van der Waals surface area contributed by atoms with Crippen LogP contribution in [0.4, 0.5) is 10.5 Å². The third-order valence-electron chi connectivity index (χ3n) is 3.71. The van der Waals surface area contributed by atoms with Crippen LogP contribution in [0, 0.1) is 10.1 Å². The first kappa shape index (κ1) is 20.4. The molecule has 1 aromatic carbocycles. The zero-order chi connectivity index (χ0) is 19.4. The number of hydrogen-bond donors (Lipinski definition) is 2. The van der Waals surface area contributed by atoms with Crippen molar-refractivity contribution in [1.29, 1.82) is 0 Å². The van der Waals surface area contributed by atoms with Gasteiger partial charge in [0.2, 0.25) is 0 Å². The number of rotatable bonds is 6. The minimum atomic E-state index is -1.17. The molecule has 0 aromatic heterocycles. The average molecular weight is 352 g/mol. The second-order valence-electron chi connectivity index (χ2n) is 6.79. The molecule has 0 saturated heterocycles. The zero-order valence-corrected chi connectivity index (χ0v) is 15.0. The van der Waals surface area contributed by atoms with Crippen LogP contribution < -0.4 is 5.32 Å². The molecule has 0 heterocycles. The zero-order valence-electron chi connectivity index (χ0n) is 15.0. The average Bonchev–Trinajstić information content (AvgIpc) is 2.49. The van der Waals surface area contributed by atoms with Crippen molar-refractivity contribution in [2.75, 3.05) is 0 Å². The second-order valence-corrected chi connectivity index (χ2v) is 6.79. The molecule has 25 heavy (non-hydrogen) atoms. The number of nitrogens with one attached hydrogen (secondary N) is 1. The number of nitrogens with zero attached hydrogens (tertiary/aromatic N) is 1. The van der Waals surface area contributed by atoms with Gasteiger partial charge in [-0.3, -0.25) is 10.1 Å². The number of ether oxygens (including phenoxy) is 1. The Morgan fingerprint density at radius 2 is 1.96 bits per heavy atom. The van der Waals surface area contributed by atoms with Crippen molar-refractivity contribution in [2.45, 2.75) is 58.6 Å². The highest BCUT2D eigenvalue weighted by Gasteiger charge is 2.28. The van der Waals surface area contributed by atoms with E-state index in [4.69, 9.17) is 9.84 Å². The molecular formula is C17H24N2O6. The number of alkyl carbamates (subject to hydrolysis) is 1. The number of hydrogen-bond acceptors (Lipinski definition) is 5. The molecule has 1 rings (SSSR count). The molecule has 2 atom stereocenters. The van der Waals surface area contributed by atoms with Crippen molar-refractivity contribution in [3.63, 3.8) is 0 Å². The second kappa shape index (κ2) is 7.96. The van der Waals surface area contributed by atoms with Gasteiger partial charge in [0, 0.05) is 23.6 Å². The number of carboxylic acids is 1. The first-order valence-corrected chi connectivity index (χ1v) is 7.97. The van der Waals surface area contributed by atoms with E-state index < -0.39 is 34.5 Å². The quantitative estimate of drug-likeness (QED) is 0.595. The van der Waals surface area contributed by atoms with E-state index in [0.717, 1.165) is 0 Å². The van der Waals surface area contributed by atoms with Gasteiger partial charge in [0.1, 0.15) is 5.60 Å². The summed E-state index contributed by atoms with van der Waals surface area (Å²) in [5, 5.41) is 23.1. The predicted octanol–water partition coefficient (Wildman–Crippen LogP) is 3.70. The Morgan fingerprint density at radius 1 is 1.36 bits per heavy atom. The maximum atomic E-state index is 12.0. The highest BCUT2D eigenvalue weighted by molar-refractivity contribution is 5.88. The molecule has 0 aliphatic heterocycles. The van der Waals surface area contributed by atoms with E-state index >= 15 is 0 Å². The summed E-state index contributed by atoms with van der Waals surface area (Å²) in [5.41, 5.74) is -0.629. The summed E-state index contributed by atoms with van der Waals surface area (Å²) in [6.07, 6.45) is -0.127. The SMILES string of the molecule is CC[C@H](NC(=O)OC(C)(C)C)C(C)c1cc(C(=O)O)ccc1[N+](=O)[O-]. The predicted molar refractivity (Wildman–Crippen MR) is 91.9 cm³/mol. The third-order valence-corrected chi connectivity index (χ3v) is 3.71. The van der Waals surface area contributed by atoms with Gasteiger partial charge >= 0.3 is 12.1 Å². The van der Waals surface area contributed by atoms with Crippen LogP contribution in [0.3, 0.4) is 0 Å². The van der Waals surface area contributed by atoms with Gasteiger partial charge < -0.3 is 15.2 Å². The Bertz CT molecular complexity index is 666. The molecule has 8 nitrogen and oxygen atoms in total. The van der Waals surface area contributed by atoms with Crippen LogP contribution in [0.5, 0.6) is 0 Å².